The lowest BCUT2D eigenvalue weighted by atomic mass is 9.98. The number of ether oxygens (including phenoxy) is 2. The number of nitrogens with zero attached hydrogens (tertiary/aromatic N) is 3. The van der Waals surface area contributed by atoms with Gasteiger partial charge in [-0.3, -0.25) is 9.78 Å². The molecule has 1 aliphatic heterocycles. The Morgan fingerprint density at radius 3 is 2.72 bits per heavy atom. The molecule has 9 heteroatoms. The second-order valence-corrected chi connectivity index (χ2v) is 8.26. The number of oxazole rings is 1. The van der Waals surface area contributed by atoms with Gasteiger partial charge in [-0.1, -0.05) is 0 Å². The fourth-order valence-corrected chi connectivity index (χ4v) is 4.09. The van der Waals surface area contributed by atoms with E-state index in [0.717, 1.165) is 16.5 Å². The predicted octanol–water partition coefficient (Wildman–Crippen LogP) is 2.77. The van der Waals surface area contributed by atoms with Crippen molar-refractivity contribution in [3.63, 3.8) is 0 Å². The van der Waals surface area contributed by atoms with E-state index in [1.807, 2.05) is 24.3 Å². The lowest BCUT2D eigenvalue weighted by Crippen LogP contribution is -2.38. The quantitative estimate of drug-likeness (QED) is 0.477. The van der Waals surface area contributed by atoms with Gasteiger partial charge in [-0.2, -0.15) is 0 Å². The zero-order chi connectivity index (χ0) is 21.9. The van der Waals surface area contributed by atoms with E-state index in [2.05, 4.69) is 15.3 Å². The molecule has 0 bridgehead atoms. The molecule has 1 saturated carbocycles. The minimum atomic E-state index is -0.687. The average Bonchev–Trinajstić information content (AvgIpc) is 3.49. The summed E-state index contributed by atoms with van der Waals surface area (Å²) in [4.78, 5) is 25.8. The summed E-state index contributed by atoms with van der Waals surface area (Å²) in [5.74, 6) is 1.49. The van der Waals surface area contributed by atoms with Gasteiger partial charge in [0.1, 0.15) is 23.2 Å². The maximum Gasteiger partial charge on any atom is 0.229 e. The number of carbonyl (C=O) groups excluding carboxylic acids is 1. The number of amides is 1. The van der Waals surface area contributed by atoms with Crippen LogP contribution in [0.1, 0.15) is 18.5 Å². The first-order valence-corrected chi connectivity index (χ1v) is 10.5. The Bertz CT molecular complexity index is 1370. The number of rotatable bonds is 6. The number of benzene rings is 1. The molecule has 1 aliphatic carbocycles. The van der Waals surface area contributed by atoms with E-state index in [1.54, 1.807) is 19.4 Å². The Hall–Kier alpha value is -3.72. The van der Waals surface area contributed by atoms with Crippen LogP contribution in [-0.4, -0.2) is 47.2 Å². The number of primary amides is 1. The third-order valence-corrected chi connectivity index (χ3v) is 6.22. The molecule has 1 saturated heterocycles. The first kappa shape index (κ1) is 19.0. The normalized spacial score (nSPS) is 17.3. The van der Waals surface area contributed by atoms with Crippen molar-refractivity contribution in [1.29, 1.82) is 0 Å². The van der Waals surface area contributed by atoms with Gasteiger partial charge in [0.05, 0.1) is 29.9 Å². The summed E-state index contributed by atoms with van der Waals surface area (Å²) in [6.07, 6.45) is 4.93. The SMILES string of the molecule is CNc1ncc(-c2nc3cc(OC4COC4)ccc3o2)c2cc(C3(C(N)=O)CC3)ncc12. The van der Waals surface area contributed by atoms with E-state index >= 15 is 0 Å². The van der Waals surface area contributed by atoms with Crippen LogP contribution >= 0.6 is 0 Å². The van der Waals surface area contributed by atoms with Gasteiger partial charge in [0.15, 0.2) is 5.58 Å². The maximum absolute atomic E-state index is 12.1. The Morgan fingerprint density at radius 1 is 1.19 bits per heavy atom. The maximum atomic E-state index is 12.1. The highest BCUT2D eigenvalue weighted by molar-refractivity contribution is 6.01. The fourth-order valence-electron chi connectivity index (χ4n) is 4.09. The van der Waals surface area contributed by atoms with Crippen molar-refractivity contribution >= 4 is 33.6 Å². The van der Waals surface area contributed by atoms with Crippen LogP contribution in [-0.2, 0) is 14.9 Å². The molecule has 0 atom stereocenters. The highest BCUT2D eigenvalue weighted by atomic mass is 16.6. The molecule has 6 rings (SSSR count). The number of nitrogens with two attached hydrogens (primary N) is 1. The second-order valence-electron chi connectivity index (χ2n) is 8.26. The number of fused-ring (bicyclic) bond motifs is 2. The van der Waals surface area contributed by atoms with E-state index in [4.69, 9.17) is 24.6 Å². The number of anilines is 1. The van der Waals surface area contributed by atoms with Gasteiger partial charge in [-0.05, 0) is 31.0 Å². The van der Waals surface area contributed by atoms with Crippen molar-refractivity contribution in [2.45, 2.75) is 24.4 Å². The topological polar surface area (TPSA) is 125 Å². The van der Waals surface area contributed by atoms with Crippen LogP contribution in [0.25, 0.3) is 33.3 Å². The van der Waals surface area contributed by atoms with Gasteiger partial charge < -0.3 is 24.9 Å². The first-order valence-electron chi connectivity index (χ1n) is 10.5. The summed E-state index contributed by atoms with van der Waals surface area (Å²) in [5, 5.41) is 4.74. The van der Waals surface area contributed by atoms with Crippen molar-refractivity contribution in [1.82, 2.24) is 15.0 Å². The number of aromatic nitrogens is 3. The van der Waals surface area contributed by atoms with Crippen LogP contribution in [0.5, 0.6) is 5.75 Å². The summed E-state index contributed by atoms with van der Waals surface area (Å²) in [6.45, 7) is 1.20. The third-order valence-electron chi connectivity index (χ3n) is 6.22. The molecular formula is C23H21N5O4. The fraction of sp³-hybridized carbons (Fsp3) is 0.304. The lowest BCUT2D eigenvalue weighted by molar-refractivity contribution is -0.120. The van der Waals surface area contributed by atoms with E-state index in [9.17, 15) is 4.79 Å². The number of hydrogen-bond donors (Lipinski definition) is 2. The Balaban J connectivity index is 1.47. The van der Waals surface area contributed by atoms with Crippen molar-refractivity contribution in [3.05, 3.63) is 42.4 Å². The van der Waals surface area contributed by atoms with Crippen LogP contribution in [0.2, 0.25) is 0 Å². The number of pyridine rings is 2. The molecule has 0 radical (unpaired) electrons. The van der Waals surface area contributed by atoms with E-state index in [-0.39, 0.29) is 12.0 Å². The smallest absolute Gasteiger partial charge is 0.229 e. The molecule has 162 valence electrons. The van der Waals surface area contributed by atoms with E-state index < -0.39 is 5.41 Å². The van der Waals surface area contributed by atoms with Crippen molar-refractivity contribution in [2.24, 2.45) is 5.73 Å². The molecule has 0 spiro atoms. The molecule has 4 aromatic rings. The molecule has 3 aromatic heterocycles. The largest absolute Gasteiger partial charge is 0.486 e. The standard InChI is InChI=1S/C23H21N5O4/c1-25-20-15-8-26-19(23(4-5-23)22(24)29)7-14(15)16(9-27-20)21-28-17-6-12(2-3-18(17)32-21)31-13-10-30-11-13/h2-3,6-9,13H,4-5,10-11H2,1H3,(H2,24,29)(H,25,27). The van der Waals surface area contributed by atoms with E-state index in [1.165, 1.54) is 0 Å². The zero-order valence-corrected chi connectivity index (χ0v) is 17.4. The van der Waals surface area contributed by atoms with E-state index in [0.29, 0.717) is 60.1 Å². The highest BCUT2D eigenvalue weighted by Gasteiger charge is 2.51. The van der Waals surface area contributed by atoms with Crippen LogP contribution in [0.15, 0.2) is 41.1 Å². The van der Waals surface area contributed by atoms with Crippen LogP contribution < -0.4 is 15.8 Å². The van der Waals surface area contributed by atoms with Gasteiger partial charge >= 0.3 is 0 Å². The molecule has 32 heavy (non-hydrogen) atoms. The molecule has 1 amide bonds. The average molecular weight is 431 g/mol. The second kappa shape index (κ2) is 6.89. The summed E-state index contributed by atoms with van der Waals surface area (Å²) < 4.78 is 17.1. The first-order chi connectivity index (χ1) is 15.6. The molecule has 2 fully saturated rings. The molecule has 3 N–H and O–H groups in total. The minimum Gasteiger partial charge on any atom is -0.486 e. The van der Waals surface area contributed by atoms with Crippen LogP contribution in [0.4, 0.5) is 5.82 Å². The Labute approximate surface area is 182 Å². The van der Waals surface area contributed by atoms with Crippen molar-refractivity contribution in [2.75, 3.05) is 25.6 Å². The molecular weight excluding hydrogens is 410 g/mol. The summed E-state index contributed by atoms with van der Waals surface area (Å²) in [7, 11) is 1.80. The predicted molar refractivity (Wildman–Crippen MR) is 117 cm³/mol. The zero-order valence-electron chi connectivity index (χ0n) is 17.4. The van der Waals surface area contributed by atoms with Gasteiger partial charge in [0.25, 0.3) is 0 Å². The third kappa shape index (κ3) is 2.89. The van der Waals surface area contributed by atoms with Crippen LogP contribution in [0, 0.1) is 0 Å². The summed E-state index contributed by atoms with van der Waals surface area (Å²) in [5.41, 5.74) is 7.71. The Kier molecular flexibility index (Phi) is 4.09. The van der Waals surface area contributed by atoms with Crippen molar-refractivity contribution in [3.8, 4) is 17.2 Å². The van der Waals surface area contributed by atoms with Gasteiger partial charge in [0.2, 0.25) is 11.8 Å². The Morgan fingerprint density at radius 2 is 2.03 bits per heavy atom. The minimum absolute atomic E-state index is 0.0759. The summed E-state index contributed by atoms with van der Waals surface area (Å²) >= 11 is 0. The molecule has 1 aromatic carbocycles. The molecule has 2 aliphatic rings. The number of hydrogen-bond acceptors (Lipinski definition) is 8. The number of carbonyl (C=O) groups is 1. The van der Waals surface area contributed by atoms with Crippen molar-refractivity contribution < 1.29 is 18.7 Å². The number of nitrogens with one attached hydrogen (secondary N) is 1. The van der Waals surface area contributed by atoms with Gasteiger partial charge in [0, 0.05) is 36.3 Å². The molecule has 4 heterocycles. The van der Waals surface area contributed by atoms with Crippen LogP contribution in [0.3, 0.4) is 0 Å². The summed E-state index contributed by atoms with van der Waals surface area (Å²) in [6, 6.07) is 7.47. The molecule has 9 nitrogen and oxygen atoms in total. The molecule has 0 unspecified atom stereocenters. The monoisotopic (exact) mass is 431 g/mol. The lowest BCUT2D eigenvalue weighted by Gasteiger charge is -2.26. The van der Waals surface area contributed by atoms with Gasteiger partial charge in [-0.15, -0.1) is 0 Å². The highest BCUT2D eigenvalue weighted by Crippen LogP contribution is 2.48. The van der Waals surface area contributed by atoms with Gasteiger partial charge in [-0.25, -0.2) is 9.97 Å².